The second-order valence-corrected chi connectivity index (χ2v) is 25.4. The second kappa shape index (κ2) is 23.5. The van der Waals surface area contributed by atoms with Crippen molar-refractivity contribution in [1.29, 1.82) is 0 Å². The third kappa shape index (κ3) is 9.60. The van der Waals surface area contributed by atoms with Crippen LogP contribution in [-0.2, 0) is 0 Å². The molecule has 0 saturated heterocycles. The topological polar surface area (TPSA) is 52.1 Å². The van der Waals surface area contributed by atoms with E-state index in [1.54, 1.807) is 0 Å². The van der Waals surface area contributed by atoms with Crippen LogP contribution in [0.2, 0.25) is 0 Å². The largest absolute Gasteiger partial charge is 0.455 e. The summed E-state index contributed by atoms with van der Waals surface area (Å²) in [7, 11) is 0. The Hall–Kier alpha value is -13.0. The van der Waals surface area contributed by atoms with E-state index in [2.05, 4.69) is 340 Å². The van der Waals surface area contributed by atoms with Crippen LogP contribution < -0.4 is 0 Å². The summed E-state index contributed by atoms with van der Waals surface area (Å²) in [6.45, 7) is 0. The Morgan fingerprint density at radius 1 is 0.173 bits per heavy atom. The maximum atomic E-state index is 6.47. The van der Waals surface area contributed by atoms with Gasteiger partial charge in [-0.3, -0.25) is 9.97 Å². The van der Waals surface area contributed by atoms with Crippen molar-refractivity contribution < 1.29 is 8.83 Å². The highest BCUT2D eigenvalue weighted by Gasteiger charge is 2.21. The summed E-state index contributed by atoms with van der Waals surface area (Å²) in [5, 5.41) is 18.8. The molecule has 0 aliphatic rings. The molecule has 4 aromatic heterocycles. The summed E-state index contributed by atoms with van der Waals surface area (Å²) < 4.78 is 12.8. The SMILES string of the molecule is c1ccc(-c2ccc(-c3c4ccccc4c(-c4ccc(-c5ccc6c(c5)oc5c7ccccc7ccc65)cn4)c4ccccc34)cc2)cc1.c1ccc(-c2ccc(-c3c4ccccc4c(-c4ccc(-c5ccc6oc7c8ccccc8ccc7c6c5)cn4)c4ccccc34)cc2)cc1. The van der Waals surface area contributed by atoms with Crippen LogP contribution in [0.15, 0.2) is 361 Å². The van der Waals surface area contributed by atoms with E-state index in [9.17, 15) is 0 Å². The van der Waals surface area contributed by atoms with Crippen molar-refractivity contribution >= 4 is 109 Å². The molecule has 0 saturated carbocycles. The van der Waals surface area contributed by atoms with Gasteiger partial charge in [0.1, 0.15) is 22.3 Å². The molecule has 0 atom stereocenters. The first kappa shape index (κ1) is 56.5. The van der Waals surface area contributed by atoms with Gasteiger partial charge >= 0.3 is 0 Å². The molecule has 20 rings (SSSR count). The maximum absolute atomic E-state index is 6.47. The fourth-order valence-corrected chi connectivity index (χ4v) is 15.1. The van der Waals surface area contributed by atoms with E-state index in [4.69, 9.17) is 18.8 Å². The molecule has 0 N–H and O–H groups in total. The standard InChI is InChI=1S/2C47H29NO/c1-2-10-30(11-3-1)31-18-20-33(21-19-31)45-38-14-6-8-16-40(38)46(41-17-9-7-15-39(41)45)43-27-24-35(29-48-43)34-23-25-37-42-26-22-32-12-4-5-13-36(32)47(42)49-44(37)28-34;1-2-10-30(11-3-1)31-18-20-33(21-19-31)45-37-14-6-8-16-39(37)46(40-17-9-7-15-38(40)45)43-26-23-35(29-48-43)34-24-27-44-42(28-34)41-25-22-32-12-4-5-13-36(32)47(41)49-44/h2*1-29H. The van der Waals surface area contributed by atoms with Gasteiger partial charge in [0, 0.05) is 67.0 Å². The summed E-state index contributed by atoms with van der Waals surface area (Å²) >= 11 is 0. The third-order valence-corrected chi connectivity index (χ3v) is 19.9. The summed E-state index contributed by atoms with van der Waals surface area (Å²) in [4.78, 5) is 10.2. The third-order valence-electron chi connectivity index (χ3n) is 19.9. The molecule has 0 unspecified atom stereocenters. The number of benzene rings is 16. The molecule has 456 valence electrons. The quantitative estimate of drug-likeness (QED) is 0.142. The lowest BCUT2D eigenvalue weighted by atomic mass is 9.87. The van der Waals surface area contributed by atoms with Crippen molar-refractivity contribution in [1.82, 2.24) is 9.97 Å². The first-order valence-corrected chi connectivity index (χ1v) is 33.4. The molecule has 0 radical (unpaired) electrons. The Kier molecular flexibility index (Phi) is 13.5. The number of aromatic nitrogens is 2. The Morgan fingerprint density at radius 3 is 0.918 bits per heavy atom. The normalized spacial score (nSPS) is 11.7. The summed E-state index contributed by atoms with van der Waals surface area (Å²) in [5.74, 6) is 0. The van der Waals surface area contributed by atoms with Crippen molar-refractivity contribution in [2.45, 2.75) is 0 Å². The van der Waals surface area contributed by atoms with Gasteiger partial charge in [-0.05, 0) is 158 Å². The number of hydrogen-bond donors (Lipinski definition) is 0. The Labute approximate surface area is 565 Å². The maximum Gasteiger partial charge on any atom is 0.143 e. The molecular formula is C94H58N2O2. The first-order valence-electron chi connectivity index (χ1n) is 33.4. The molecule has 4 heterocycles. The molecule has 4 heteroatoms. The fourth-order valence-electron chi connectivity index (χ4n) is 15.1. The van der Waals surface area contributed by atoms with E-state index in [0.717, 1.165) is 99.4 Å². The molecule has 4 nitrogen and oxygen atoms in total. The zero-order valence-corrected chi connectivity index (χ0v) is 53.2. The molecule has 0 amide bonds. The molecular weight excluding hydrogens is 1190 g/mol. The molecule has 0 aliphatic heterocycles. The van der Waals surface area contributed by atoms with E-state index >= 15 is 0 Å². The van der Waals surface area contributed by atoms with Crippen molar-refractivity contribution in [2.24, 2.45) is 0 Å². The first-order chi connectivity index (χ1) is 48.6. The zero-order valence-electron chi connectivity index (χ0n) is 53.2. The van der Waals surface area contributed by atoms with Gasteiger partial charge in [-0.15, -0.1) is 0 Å². The minimum atomic E-state index is 0.886. The predicted octanol–water partition coefficient (Wildman–Crippen LogP) is 26.2. The van der Waals surface area contributed by atoms with Crippen LogP contribution in [0.4, 0.5) is 0 Å². The zero-order chi connectivity index (χ0) is 64.6. The van der Waals surface area contributed by atoms with Crippen LogP contribution in [0.3, 0.4) is 0 Å². The lowest BCUT2D eigenvalue weighted by Crippen LogP contribution is -1.92. The average Bonchev–Trinajstić information content (AvgIpc) is 0.784. The number of fused-ring (bicyclic) bond motifs is 14. The molecule has 16 aromatic carbocycles. The summed E-state index contributed by atoms with van der Waals surface area (Å²) in [6.07, 6.45) is 4.00. The van der Waals surface area contributed by atoms with Crippen molar-refractivity contribution in [3.05, 3.63) is 352 Å². The number of nitrogens with zero attached hydrogens (tertiary/aromatic N) is 2. The number of hydrogen-bond acceptors (Lipinski definition) is 4. The van der Waals surface area contributed by atoms with E-state index < -0.39 is 0 Å². The highest BCUT2D eigenvalue weighted by atomic mass is 16.3. The van der Waals surface area contributed by atoms with Gasteiger partial charge < -0.3 is 8.83 Å². The molecule has 20 aromatic rings. The second-order valence-electron chi connectivity index (χ2n) is 25.4. The fraction of sp³-hybridized carbons (Fsp3) is 0. The molecule has 0 spiro atoms. The van der Waals surface area contributed by atoms with E-state index in [0.29, 0.717) is 0 Å². The van der Waals surface area contributed by atoms with Crippen molar-refractivity contribution in [3.63, 3.8) is 0 Å². The molecule has 0 fully saturated rings. The van der Waals surface area contributed by atoms with Crippen molar-refractivity contribution in [3.8, 4) is 89.3 Å². The van der Waals surface area contributed by atoms with Crippen LogP contribution in [0.1, 0.15) is 0 Å². The summed E-state index contributed by atoms with van der Waals surface area (Å²) in [5.41, 5.74) is 22.0. The van der Waals surface area contributed by atoms with E-state index in [1.807, 2.05) is 12.4 Å². The highest BCUT2D eigenvalue weighted by molar-refractivity contribution is 6.23. The smallest absolute Gasteiger partial charge is 0.143 e. The molecule has 0 aliphatic carbocycles. The monoisotopic (exact) mass is 1250 g/mol. The van der Waals surface area contributed by atoms with Gasteiger partial charge in [-0.1, -0.05) is 291 Å². The Balaban J connectivity index is 0.000000137. The minimum absolute atomic E-state index is 0.886. The van der Waals surface area contributed by atoms with E-state index in [1.165, 1.54) is 98.4 Å². The number of pyridine rings is 2. The van der Waals surface area contributed by atoms with Crippen LogP contribution in [0.25, 0.3) is 198 Å². The molecule has 98 heavy (non-hydrogen) atoms. The van der Waals surface area contributed by atoms with E-state index in [-0.39, 0.29) is 0 Å². The van der Waals surface area contributed by atoms with Gasteiger partial charge in [0.2, 0.25) is 0 Å². The average molecular weight is 1250 g/mol. The predicted molar refractivity (Wildman–Crippen MR) is 412 cm³/mol. The minimum Gasteiger partial charge on any atom is -0.455 e. The summed E-state index contributed by atoms with van der Waals surface area (Å²) in [6, 6.07) is 121. The van der Waals surface area contributed by atoms with Crippen LogP contribution in [-0.4, -0.2) is 9.97 Å². The Bertz CT molecular complexity index is 6340. The van der Waals surface area contributed by atoms with Crippen LogP contribution in [0, 0.1) is 0 Å². The van der Waals surface area contributed by atoms with Crippen LogP contribution in [0.5, 0.6) is 0 Å². The van der Waals surface area contributed by atoms with Gasteiger partial charge in [0.25, 0.3) is 0 Å². The number of furan rings is 2. The van der Waals surface area contributed by atoms with Gasteiger partial charge in [0.15, 0.2) is 0 Å². The lowest BCUT2D eigenvalue weighted by molar-refractivity contribution is 0.672. The van der Waals surface area contributed by atoms with Gasteiger partial charge in [-0.25, -0.2) is 0 Å². The molecule has 0 bridgehead atoms. The number of rotatable bonds is 8. The van der Waals surface area contributed by atoms with Gasteiger partial charge in [0.05, 0.1) is 11.4 Å². The Morgan fingerprint density at radius 2 is 0.490 bits per heavy atom. The van der Waals surface area contributed by atoms with Gasteiger partial charge in [-0.2, -0.15) is 0 Å². The highest BCUT2D eigenvalue weighted by Crippen LogP contribution is 2.47. The van der Waals surface area contributed by atoms with Crippen LogP contribution >= 0.6 is 0 Å². The lowest BCUT2D eigenvalue weighted by Gasteiger charge is -2.17. The van der Waals surface area contributed by atoms with Crippen molar-refractivity contribution in [2.75, 3.05) is 0 Å².